The van der Waals surface area contributed by atoms with E-state index in [0.29, 0.717) is 12.3 Å². The fraction of sp³-hybridized carbons (Fsp3) is 0.533. The van der Waals surface area contributed by atoms with Gasteiger partial charge in [-0.3, -0.25) is 4.79 Å². The van der Waals surface area contributed by atoms with E-state index in [4.69, 9.17) is 0 Å². The predicted octanol–water partition coefficient (Wildman–Crippen LogP) is 3.27. The molecule has 0 aliphatic carbocycles. The van der Waals surface area contributed by atoms with E-state index >= 15 is 0 Å². The number of amides is 1. The molecular weight excluding hydrogens is 224 g/mol. The molecule has 0 saturated heterocycles. The lowest BCUT2D eigenvalue weighted by Gasteiger charge is -2.23. The van der Waals surface area contributed by atoms with Crippen LogP contribution in [-0.2, 0) is 4.79 Å². The molecule has 1 amide bonds. The number of benzene rings is 1. The van der Waals surface area contributed by atoms with Crippen molar-refractivity contribution in [3.05, 3.63) is 24.3 Å². The van der Waals surface area contributed by atoms with Crippen molar-refractivity contribution >= 4 is 17.3 Å². The average molecular weight is 246 g/mol. The van der Waals surface area contributed by atoms with E-state index in [1.54, 1.807) is 0 Å². The Morgan fingerprint density at radius 3 is 3.00 bits per heavy atom. The number of nitrogens with zero attached hydrogens (tertiary/aromatic N) is 1. The summed E-state index contributed by atoms with van der Waals surface area (Å²) >= 11 is 0. The van der Waals surface area contributed by atoms with Gasteiger partial charge in [0.1, 0.15) is 0 Å². The van der Waals surface area contributed by atoms with Crippen LogP contribution in [0.3, 0.4) is 0 Å². The number of hydrogen-bond donors (Lipinski definition) is 1. The third-order valence-corrected chi connectivity index (χ3v) is 3.59. The summed E-state index contributed by atoms with van der Waals surface area (Å²) < 4.78 is 0. The molecule has 1 N–H and O–H groups in total. The fourth-order valence-electron chi connectivity index (χ4n) is 2.25. The lowest BCUT2D eigenvalue weighted by molar-refractivity contribution is -0.119. The number of nitrogens with one attached hydrogen (secondary N) is 1. The van der Waals surface area contributed by atoms with Gasteiger partial charge in [0.05, 0.1) is 11.4 Å². The number of rotatable bonds is 3. The van der Waals surface area contributed by atoms with Crippen molar-refractivity contribution in [2.45, 2.75) is 33.1 Å². The molecule has 1 aromatic rings. The van der Waals surface area contributed by atoms with E-state index in [9.17, 15) is 4.79 Å². The lowest BCUT2D eigenvalue weighted by atomic mass is 10.0. The van der Waals surface area contributed by atoms with Crippen molar-refractivity contribution in [3.63, 3.8) is 0 Å². The molecule has 3 nitrogen and oxygen atoms in total. The first-order valence-corrected chi connectivity index (χ1v) is 6.85. The molecule has 1 heterocycles. The third-order valence-electron chi connectivity index (χ3n) is 3.59. The quantitative estimate of drug-likeness (QED) is 0.887. The molecule has 0 aromatic heterocycles. The average Bonchev–Trinajstić information content (AvgIpc) is 2.60. The minimum Gasteiger partial charge on any atom is -0.383 e. The summed E-state index contributed by atoms with van der Waals surface area (Å²) in [4.78, 5) is 14.3. The summed E-state index contributed by atoms with van der Waals surface area (Å²) in [7, 11) is 0. The minimum absolute atomic E-state index is 0.250. The first-order valence-electron chi connectivity index (χ1n) is 6.85. The Morgan fingerprint density at radius 2 is 2.22 bits per heavy atom. The van der Waals surface area contributed by atoms with Crippen molar-refractivity contribution in [2.24, 2.45) is 5.92 Å². The summed E-state index contributed by atoms with van der Waals surface area (Å²) in [5.41, 5.74) is 2.11. The Labute approximate surface area is 109 Å². The molecule has 2 rings (SSSR count). The van der Waals surface area contributed by atoms with Gasteiger partial charge >= 0.3 is 0 Å². The summed E-state index contributed by atoms with van der Waals surface area (Å²) in [5, 5.41) is 3.38. The molecule has 1 aliphatic heterocycles. The van der Waals surface area contributed by atoms with Gasteiger partial charge in [-0.15, -0.1) is 0 Å². The first-order chi connectivity index (χ1) is 8.72. The number of carbonyl (C=O) groups is 1. The van der Waals surface area contributed by atoms with Crippen molar-refractivity contribution in [3.8, 4) is 0 Å². The Bertz CT molecular complexity index is 417. The molecule has 3 heteroatoms. The molecule has 18 heavy (non-hydrogen) atoms. The second-order valence-electron chi connectivity index (χ2n) is 5.06. The fourth-order valence-corrected chi connectivity index (χ4v) is 2.25. The molecular formula is C15H22N2O. The van der Waals surface area contributed by atoms with Crippen molar-refractivity contribution in [2.75, 3.05) is 23.3 Å². The Kier molecular flexibility index (Phi) is 4.24. The number of fused-ring (bicyclic) bond motifs is 1. The van der Waals surface area contributed by atoms with Gasteiger partial charge in [0.2, 0.25) is 5.91 Å². The van der Waals surface area contributed by atoms with Crippen LogP contribution in [0.25, 0.3) is 0 Å². The molecule has 0 fully saturated rings. The van der Waals surface area contributed by atoms with E-state index in [2.05, 4.69) is 19.2 Å². The van der Waals surface area contributed by atoms with Crippen LogP contribution in [0.4, 0.5) is 11.4 Å². The smallest absolute Gasteiger partial charge is 0.227 e. The molecule has 0 spiro atoms. The van der Waals surface area contributed by atoms with Crippen LogP contribution < -0.4 is 10.2 Å². The van der Waals surface area contributed by atoms with E-state index in [0.717, 1.165) is 37.3 Å². The van der Waals surface area contributed by atoms with Crippen molar-refractivity contribution < 1.29 is 4.79 Å². The van der Waals surface area contributed by atoms with Crippen LogP contribution in [0.1, 0.15) is 33.1 Å². The molecule has 1 aromatic carbocycles. The zero-order chi connectivity index (χ0) is 13.0. The summed E-state index contributed by atoms with van der Waals surface area (Å²) in [6.45, 7) is 6.03. The van der Waals surface area contributed by atoms with E-state index in [-0.39, 0.29) is 5.91 Å². The summed E-state index contributed by atoms with van der Waals surface area (Å²) in [6.07, 6.45) is 2.70. The molecule has 0 bridgehead atoms. The summed E-state index contributed by atoms with van der Waals surface area (Å²) in [5.74, 6) is 0.710. The number of para-hydroxylation sites is 2. The van der Waals surface area contributed by atoms with Crippen LogP contribution in [0, 0.1) is 5.92 Å². The van der Waals surface area contributed by atoms with Gasteiger partial charge in [0.25, 0.3) is 0 Å². The number of carbonyl (C=O) groups excluding carboxylic acids is 1. The Balaban J connectivity index is 2.19. The number of hydrogen-bond acceptors (Lipinski definition) is 2. The summed E-state index contributed by atoms with van der Waals surface area (Å²) in [6, 6.07) is 8.08. The van der Waals surface area contributed by atoms with Gasteiger partial charge < -0.3 is 10.2 Å². The first kappa shape index (κ1) is 12.9. The SMILES string of the molecule is CCC(C)CC(=O)N1CCCNc2ccccc21. The van der Waals surface area contributed by atoms with Crippen LogP contribution >= 0.6 is 0 Å². The largest absolute Gasteiger partial charge is 0.383 e. The van der Waals surface area contributed by atoms with Gasteiger partial charge in [-0.1, -0.05) is 32.4 Å². The monoisotopic (exact) mass is 246 g/mol. The molecule has 1 unspecified atom stereocenters. The highest BCUT2D eigenvalue weighted by Crippen LogP contribution is 2.29. The highest BCUT2D eigenvalue weighted by Gasteiger charge is 2.21. The van der Waals surface area contributed by atoms with Crippen LogP contribution in [0.15, 0.2) is 24.3 Å². The molecule has 0 saturated carbocycles. The second kappa shape index (κ2) is 5.89. The number of anilines is 2. The minimum atomic E-state index is 0.250. The Morgan fingerprint density at radius 1 is 1.44 bits per heavy atom. The topological polar surface area (TPSA) is 32.3 Å². The third kappa shape index (κ3) is 2.84. The van der Waals surface area contributed by atoms with E-state index in [1.807, 2.05) is 29.2 Å². The van der Waals surface area contributed by atoms with E-state index in [1.165, 1.54) is 0 Å². The standard InChI is InChI=1S/C15H22N2O/c1-3-12(2)11-15(18)17-10-6-9-16-13-7-4-5-8-14(13)17/h4-5,7-8,12,16H,3,6,9-11H2,1-2H3. The normalized spacial score (nSPS) is 16.4. The Hall–Kier alpha value is -1.51. The molecule has 98 valence electrons. The van der Waals surface area contributed by atoms with Gasteiger partial charge in [0.15, 0.2) is 0 Å². The van der Waals surface area contributed by atoms with Crippen molar-refractivity contribution in [1.29, 1.82) is 0 Å². The van der Waals surface area contributed by atoms with Crippen LogP contribution in [0.2, 0.25) is 0 Å². The van der Waals surface area contributed by atoms with E-state index < -0.39 is 0 Å². The maximum atomic E-state index is 12.4. The maximum absolute atomic E-state index is 12.4. The van der Waals surface area contributed by atoms with Gasteiger partial charge in [0, 0.05) is 19.5 Å². The van der Waals surface area contributed by atoms with Crippen LogP contribution in [0.5, 0.6) is 0 Å². The zero-order valence-corrected chi connectivity index (χ0v) is 11.3. The zero-order valence-electron chi connectivity index (χ0n) is 11.3. The van der Waals surface area contributed by atoms with Gasteiger partial charge in [-0.2, -0.15) is 0 Å². The van der Waals surface area contributed by atoms with Crippen molar-refractivity contribution in [1.82, 2.24) is 0 Å². The molecule has 1 atom stereocenters. The second-order valence-corrected chi connectivity index (χ2v) is 5.06. The molecule has 0 radical (unpaired) electrons. The van der Waals surface area contributed by atoms with Crippen LogP contribution in [-0.4, -0.2) is 19.0 Å². The predicted molar refractivity (Wildman–Crippen MR) is 76.0 cm³/mol. The highest BCUT2D eigenvalue weighted by atomic mass is 16.2. The lowest BCUT2D eigenvalue weighted by Crippen LogP contribution is -2.32. The van der Waals surface area contributed by atoms with Gasteiger partial charge in [-0.25, -0.2) is 0 Å². The highest BCUT2D eigenvalue weighted by molar-refractivity contribution is 5.97. The maximum Gasteiger partial charge on any atom is 0.227 e. The molecule has 1 aliphatic rings. The van der Waals surface area contributed by atoms with Gasteiger partial charge in [-0.05, 0) is 24.5 Å².